The molecule has 0 saturated carbocycles. The van der Waals surface area contributed by atoms with Gasteiger partial charge in [0, 0.05) is 32.3 Å². The molecule has 0 saturated heterocycles. The number of pyridine rings is 1. The molecule has 0 radical (unpaired) electrons. The molecular weight excluding hydrogens is 439 g/mol. The van der Waals surface area contributed by atoms with Crippen LogP contribution in [0.4, 0.5) is 0 Å². The van der Waals surface area contributed by atoms with Crippen LogP contribution >= 0.6 is 24.0 Å². The first-order valence-corrected chi connectivity index (χ1v) is 9.15. The van der Waals surface area contributed by atoms with Crippen LogP contribution in [0.25, 0.3) is 5.65 Å². The Hall–Kier alpha value is -1.38. The first-order valence-electron chi connectivity index (χ1n) is 9.15. The number of nitrogens with one attached hydrogen (secondary N) is 2. The lowest BCUT2D eigenvalue weighted by atomic mass is 9.89. The third-order valence-corrected chi connectivity index (χ3v) is 4.19. The number of aromatic nitrogens is 3. The summed E-state index contributed by atoms with van der Waals surface area (Å²) < 4.78 is 2.04. The van der Waals surface area contributed by atoms with Crippen molar-refractivity contribution in [3.05, 3.63) is 30.2 Å². The van der Waals surface area contributed by atoms with Crippen molar-refractivity contribution in [1.29, 1.82) is 0 Å². The summed E-state index contributed by atoms with van der Waals surface area (Å²) in [4.78, 5) is 4.32. The van der Waals surface area contributed by atoms with Gasteiger partial charge in [-0.25, -0.2) is 0 Å². The van der Waals surface area contributed by atoms with Crippen molar-refractivity contribution in [3.8, 4) is 0 Å². The topological polar surface area (TPSA) is 66.6 Å². The molecule has 0 spiro atoms. The van der Waals surface area contributed by atoms with Gasteiger partial charge >= 0.3 is 0 Å². The number of nitrogens with zero attached hydrogens (tertiary/aromatic N) is 4. The molecule has 0 aliphatic rings. The van der Waals surface area contributed by atoms with Crippen LogP contribution in [0.3, 0.4) is 0 Å². The molecule has 2 aromatic heterocycles. The van der Waals surface area contributed by atoms with Crippen LogP contribution in [-0.4, -0.2) is 40.2 Å². The van der Waals surface area contributed by atoms with E-state index >= 15 is 0 Å². The highest BCUT2D eigenvalue weighted by molar-refractivity contribution is 14.0. The summed E-state index contributed by atoms with van der Waals surface area (Å²) in [5.74, 6) is 1.87. The van der Waals surface area contributed by atoms with Gasteiger partial charge in [0.15, 0.2) is 11.6 Å². The molecule has 146 valence electrons. The standard InChI is InChI=1S/C19H32N6.HI/c1-15(11-12-19(2,3)4)22-18(20-5)21-13-8-10-17-24-23-16-9-6-7-14-25(16)17;/h6-7,9,14-15H,8,10-13H2,1-5H3,(H2,20,21,22);1H. The maximum atomic E-state index is 4.32. The Kier molecular flexibility index (Phi) is 9.32. The lowest BCUT2D eigenvalue weighted by Crippen LogP contribution is -2.42. The molecule has 2 aromatic rings. The minimum absolute atomic E-state index is 0. The van der Waals surface area contributed by atoms with Gasteiger partial charge in [0.05, 0.1) is 0 Å². The summed E-state index contributed by atoms with van der Waals surface area (Å²) in [6.07, 6.45) is 6.20. The van der Waals surface area contributed by atoms with E-state index in [1.54, 1.807) is 0 Å². The average Bonchev–Trinajstić information content (AvgIpc) is 2.98. The summed E-state index contributed by atoms with van der Waals surface area (Å²) in [5.41, 5.74) is 1.27. The Morgan fingerprint density at radius 2 is 2.04 bits per heavy atom. The van der Waals surface area contributed by atoms with Crippen LogP contribution in [0.1, 0.15) is 52.8 Å². The van der Waals surface area contributed by atoms with Crippen molar-refractivity contribution in [2.24, 2.45) is 10.4 Å². The quantitative estimate of drug-likeness (QED) is 0.280. The first kappa shape index (κ1) is 22.7. The molecule has 7 heteroatoms. The van der Waals surface area contributed by atoms with E-state index in [9.17, 15) is 0 Å². The monoisotopic (exact) mass is 472 g/mol. The SMILES string of the molecule is CN=C(NCCCc1nnc2ccccn12)NC(C)CCC(C)(C)C.I. The molecule has 2 N–H and O–H groups in total. The third kappa shape index (κ3) is 7.47. The molecule has 0 bridgehead atoms. The molecule has 2 heterocycles. The summed E-state index contributed by atoms with van der Waals surface area (Å²) in [7, 11) is 1.82. The fourth-order valence-electron chi connectivity index (χ4n) is 2.66. The smallest absolute Gasteiger partial charge is 0.191 e. The molecule has 1 atom stereocenters. The zero-order valence-corrected chi connectivity index (χ0v) is 18.9. The number of hydrogen-bond donors (Lipinski definition) is 2. The van der Waals surface area contributed by atoms with Crippen LogP contribution in [0.2, 0.25) is 0 Å². The second-order valence-corrected chi connectivity index (χ2v) is 7.79. The van der Waals surface area contributed by atoms with E-state index in [2.05, 4.69) is 53.5 Å². The van der Waals surface area contributed by atoms with E-state index in [0.717, 1.165) is 43.2 Å². The molecule has 6 nitrogen and oxygen atoms in total. The van der Waals surface area contributed by atoms with Crippen molar-refractivity contribution >= 4 is 35.6 Å². The largest absolute Gasteiger partial charge is 0.356 e. The highest BCUT2D eigenvalue weighted by Gasteiger charge is 2.13. The van der Waals surface area contributed by atoms with Gasteiger partial charge in [0.1, 0.15) is 5.82 Å². The number of aryl methyl sites for hydroxylation is 1. The van der Waals surface area contributed by atoms with E-state index in [4.69, 9.17) is 0 Å². The van der Waals surface area contributed by atoms with Gasteiger partial charge in [0.25, 0.3) is 0 Å². The van der Waals surface area contributed by atoms with Gasteiger partial charge in [-0.05, 0) is 43.7 Å². The van der Waals surface area contributed by atoms with Crippen LogP contribution in [0, 0.1) is 5.41 Å². The second-order valence-electron chi connectivity index (χ2n) is 7.79. The van der Waals surface area contributed by atoms with Crippen molar-refractivity contribution in [2.75, 3.05) is 13.6 Å². The van der Waals surface area contributed by atoms with E-state index in [-0.39, 0.29) is 24.0 Å². The number of aliphatic imine (C=N–C) groups is 1. The van der Waals surface area contributed by atoms with Crippen LogP contribution in [0.5, 0.6) is 0 Å². The Morgan fingerprint density at radius 3 is 2.73 bits per heavy atom. The molecule has 0 aliphatic carbocycles. The van der Waals surface area contributed by atoms with Gasteiger partial charge in [-0.3, -0.25) is 9.39 Å². The molecule has 0 amide bonds. The number of halogens is 1. The Labute approximate surface area is 174 Å². The fourth-order valence-corrected chi connectivity index (χ4v) is 2.66. The van der Waals surface area contributed by atoms with E-state index in [0.29, 0.717) is 11.5 Å². The van der Waals surface area contributed by atoms with Gasteiger partial charge < -0.3 is 10.6 Å². The van der Waals surface area contributed by atoms with Gasteiger partial charge in [0.2, 0.25) is 0 Å². The lowest BCUT2D eigenvalue weighted by Gasteiger charge is -2.23. The first-order chi connectivity index (χ1) is 11.9. The molecule has 1 unspecified atom stereocenters. The Morgan fingerprint density at radius 1 is 1.27 bits per heavy atom. The summed E-state index contributed by atoms with van der Waals surface area (Å²) in [6.45, 7) is 9.90. The molecular formula is C19H33IN6. The van der Waals surface area contributed by atoms with E-state index in [1.807, 2.05) is 35.8 Å². The maximum absolute atomic E-state index is 4.32. The van der Waals surface area contributed by atoms with E-state index in [1.165, 1.54) is 6.42 Å². The number of hydrogen-bond acceptors (Lipinski definition) is 3. The van der Waals surface area contributed by atoms with Gasteiger partial charge in [-0.2, -0.15) is 0 Å². The third-order valence-electron chi connectivity index (χ3n) is 4.19. The zero-order chi connectivity index (χ0) is 18.3. The van der Waals surface area contributed by atoms with Gasteiger partial charge in [-0.1, -0.05) is 26.8 Å². The predicted molar refractivity (Wildman–Crippen MR) is 119 cm³/mol. The van der Waals surface area contributed by atoms with E-state index < -0.39 is 0 Å². The highest BCUT2D eigenvalue weighted by atomic mass is 127. The van der Waals surface area contributed by atoms with Crippen molar-refractivity contribution < 1.29 is 0 Å². The Bertz CT molecular complexity index is 689. The van der Waals surface area contributed by atoms with Crippen LogP contribution in [-0.2, 0) is 6.42 Å². The van der Waals surface area contributed by atoms with Crippen LogP contribution < -0.4 is 10.6 Å². The molecule has 26 heavy (non-hydrogen) atoms. The lowest BCUT2D eigenvalue weighted by molar-refractivity contribution is 0.346. The number of guanidine groups is 1. The average molecular weight is 472 g/mol. The van der Waals surface area contributed by atoms with Crippen LogP contribution in [0.15, 0.2) is 29.4 Å². The number of rotatable bonds is 7. The molecule has 2 rings (SSSR count). The molecule has 0 fully saturated rings. The van der Waals surface area contributed by atoms with Crippen molar-refractivity contribution in [1.82, 2.24) is 25.2 Å². The fraction of sp³-hybridized carbons (Fsp3) is 0.632. The zero-order valence-electron chi connectivity index (χ0n) is 16.6. The summed E-state index contributed by atoms with van der Waals surface area (Å²) >= 11 is 0. The maximum Gasteiger partial charge on any atom is 0.191 e. The van der Waals surface area contributed by atoms with Gasteiger partial charge in [-0.15, -0.1) is 34.2 Å². The number of fused-ring (bicyclic) bond motifs is 1. The Balaban J connectivity index is 0.00000338. The predicted octanol–water partition coefficient (Wildman–Crippen LogP) is 3.66. The second kappa shape index (κ2) is 10.7. The molecule has 0 aromatic carbocycles. The summed E-state index contributed by atoms with van der Waals surface area (Å²) in [6, 6.07) is 6.36. The minimum Gasteiger partial charge on any atom is -0.356 e. The van der Waals surface area contributed by atoms with Crippen molar-refractivity contribution in [3.63, 3.8) is 0 Å². The highest BCUT2D eigenvalue weighted by Crippen LogP contribution is 2.21. The molecule has 0 aliphatic heterocycles. The minimum atomic E-state index is 0. The van der Waals surface area contributed by atoms with Crippen molar-refractivity contribution in [2.45, 2.75) is 59.4 Å². The normalized spacial score (nSPS) is 13.3. The summed E-state index contributed by atoms with van der Waals surface area (Å²) in [5, 5.41) is 15.3.